The van der Waals surface area contributed by atoms with Crippen LogP contribution in [0.3, 0.4) is 0 Å². The number of carboxylic acids is 1. The molecule has 0 unspecified atom stereocenters. The number of likely N-dealkylation sites (tertiary alicyclic amines) is 1. The van der Waals surface area contributed by atoms with E-state index in [1.807, 2.05) is 11.2 Å². The molecule has 0 aromatic heterocycles. The number of rotatable bonds is 7. The quantitative estimate of drug-likeness (QED) is 0.436. The lowest BCUT2D eigenvalue weighted by Crippen LogP contribution is -2.65. The van der Waals surface area contributed by atoms with E-state index in [-0.39, 0.29) is 34.7 Å². The summed E-state index contributed by atoms with van der Waals surface area (Å²) in [5.74, 6) is -1.06. The third-order valence-corrected chi connectivity index (χ3v) is 14.5. The van der Waals surface area contributed by atoms with Gasteiger partial charge in [0.2, 0.25) is 5.91 Å². The lowest BCUT2D eigenvalue weighted by atomic mass is 9.83. The molecule has 3 atom stereocenters. The molecule has 0 bridgehead atoms. The molecule has 0 aliphatic carbocycles. The molecule has 4 nitrogen and oxygen atoms in total. The number of hydrogen-bond acceptors (Lipinski definition) is 3. The van der Waals surface area contributed by atoms with Gasteiger partial charge in [0.25, 0.3) is 0 Å². The summed E-state index contributed by atoms with van der Waals surface area (Å²) in [4.78, 5) is 24.8. The molecule has 1 fully saturated rings. The van der Waals surface area contributed by atoms with Crippen molar-refractivity contribution in [2.24, 2.45) is 5.92 Å². The van der Waals surface area contributed by atoms with Crippen LogP contribution in [0.5, 0.6) is 0 Å². The van der Waals surface area contributed by atoms with Gasteiger partial charge in [0, 0.05) is 11.3 Å². The number of nitrogens with zero attached hydrogens (tertiary/aromatic N) is 1. The van der Waals surface area contributed by atoms with Crippen molar-refractivity contribution >= 4 is 30.3 Å². The predicted molar refractivity (Wildman–Crippen MR) is 95.7 cm³/mol. The zero-order valence-electron chi connectivity index (χ0n) is 14.5. The highest BCUT2D eigenvalue weighted by molar-refractivity contribution is 8.29. The smallest absolute Gasteiger partial charge is 0.323 e. The molecule has 1 heterocycles. The highest BCUT2D eigenvalue weighted by atomic mass is 32.4. The van der Waals surface area contributed by atoms with Crippen molar-refractivity contribution in [2.75, 3.05) is 6.54 Å². The van der Waals surface area contributed by atoms with Crippen molar-refractivity contribution in [2.45, 2.75) is 63.5 Å². The number of aliphatic carboxylic acids is 1. The van der Waals surface area contributed by atoms with Crippen molar-refractivity contribution in [1.29, 1.82) is 0 Å². The summed E-state index contributed by atoms with van der Waals surface area (Å²) < 4.78 is 0. The Morgan fingerprint density at radius 2 is 2.05 bits per heavy atom. The Balaban J connectivity index is 2.84. The van der Waals surface area contributed by atoms with Crippen LogP contribution < -0.4 is 0 Å². The van der Waals surface area contributed by atoms with Crippen molar-refractivity contribution in [3.05, 3.63) is 12.7 Å². The van der Waals surface area contributed by atoms with Gasteiger partial charge in [-0.25, -0.2) is 0 Å². The highest BCUT2D eigenvalue weighted by Gasteiger charge is 2.51. The van der Waals surface area contributed by atoms with E-state index in [1.165, 1.54) is 4.90 Å². The van der Waals surface area contributed by atoms with E-state index in [0.717, 1.165) is 0 Å². The average molecular weight is 344 g/mol. The molecule has 0 aromatic carbocycles. The SMILES string of the molecule is C=CC[C@@H]1[C@H]([C@@H](C)S[Si](C)(C)C(C)(C)C)C(=O)N1CC(=O)O. The zero-order valence-corrected chi connectivity index (χ0v) is 16.4. The van der Waals surface area contributed by atoms with Crippen LogP contribution in [-0.2, 0) is 9.59 Å². The van der Waals surface area contributed by atoms with Crippen LogP contribution in [0, 0.1) is 5.92 Å². The number of hydrogen-bond donors (Lipinski definition) is 1. The Kier molecular flexibility index (Phi) is 5.95. The Morgan fingerprint density at radius 1 is 1.50 bits per heavy atom. The average Bonchev–Trinajstić information content (AvgIpc) is 2.33. The number of carbonyl (C=O) groups excluding carboxylic acids is 1. The first-order valence-electron chi connectivity index (χ1n) is 7.73. The predicted octanol–water partition coefficient (Wildman–Crippen LogP) is 3.60. The largest absolute Gasteiger partial charge is 0.480 e. The van der Waals surface area contributed by atoms with Gasteiger partial charge in [-0.15, -0.1) is 6.58 Å². The fourth-order valence-corrected chi connectivity index (χ4v) is 8.66. The molecule has 6 heteroatoms. The molecule has 22 heavy (non-hydrogen) atoms. The van der Waals surface area contributed by atoms with E-state index in [9.17, 15) is 9.59 Å². The van der Waals surface area contributed by atoms with Crippen LogP contribution in [0.25, 0.3) is 0 Å². The van der Waals surface area contributed by atoms with E-state index in [4.69, 9.17) is 5.11 Å². The Morgan fingerprint density at radius 3 is 2.45 bits per heavy atom. The number of carbonyl (C=O) groups is 2. The molecule has 0 saturated carbocycles. The van der Waals surface area contributed by atoms with Crippen molar-refractivity contribution in [1.82, 2.24) is 4.90 Å². The summed E-state index contributed by atoms with van der Waals surface area (Å²) in [6.45, 7) is 17.1. The first-order chi connectivity index (χ1) is 9.92. The molecular formula is C16H29NO3SSi. The number of amides is 1. The molecule has 1 saturated heterocycles. The van der Waals surface area contributed by atoms with E-state index >= 15 is 0 Å². The van der Waals surface area contributed by atoms with E-state index in [2.05, 4.69) is 47.4 Å². The van der Waals surface area contributed by atoms with Gasteiger partial charge < -0.3 is 10.0 Å². The van der Waals surface area contributed by atoms with Crippen LogP contribution in [0.4, 0.5) is 0 Å². The first-order valence-corrected chi connectivity index (χ1v) is 12.3. The van der Waals surface area contributed by atoms with E-state index in [1.54, 1.807) is 6.08 Å². The standard InChI is InChI=1S/C16H29NO3SSi/c1-8-9-12-14(15(20)17(12)10-13(18)19)11(2)21-22(6,7)16(3,4)5/h8,11-12,14H,1,9-10H2,2-7H3,(H,18,19)/t11-,12-,14+/m1/s1. The first kappa shape index (κ1) is 19.3. The lowest BCUT2D eigenvalue weighted by Gasteiger charge is -2.50. The minimum atomic E-state index is -1.55. The molecular weight excluding hydrogens is 314 g/mol. The molecule has 0 aromatic rings. The van der Waals surface area contributed by atoms with E-state index in [0.29, 0.717) is 6.42 Å². The molecule has 1 N–H and O–H groups in total. The lowest BCUT2D eigenvalue weighted by molar-refractivity contribution is -0.162. The molecule has 1 aliphatic heterocycles. The Labute approximate surface area is 139 Å². The van der Waals surface area contributed by atoms with Crippen LogP contribution in [0.1, 0.15) is 34.1 Å². The van der Waals surface area contributed by atoms with Gasteiger partial charge in [0.15, 0.2) is 0 Å². The summed E-state index contributed by atoms with van der Waals surface area (Å²) in [5.41, 5.74) is 0. The fraction of sp³-hybridized carbons (Fsp3) is 0.750. The molecule has 1 aliphatic rings. The summed E-state index contributed by atoms with van der Waals surface area (Å²) in [7, 11) is -1.55. The van der Waals surface area contributed by atoms with Crippen LogP contribution in [0.15, 0.2) is 12.7 Å². The Bertz CT molecular complexity index is 459. The van der Waals surface area contributed by atoms with Gasteiger partial charge in [0.1, 0.15) is 13.8 Å². The second-order valence-electron chi connectivity index (χ2n) is 7.56. The summed E-state index contributed by atoms with van der Waals surface area (Å²) in [6, 6.07) is -0.0200. The maximum Gasteiger partial charge on any atom is 0.323 e. The van der Waals surface area contributed by atoms with Crippen LogP contribution in [0.2, 0.25) is 18.1 Å². The van der Waals surface area contributed by atoms with E-state index < -0.39 is 13.2 Å². The normalized spacial score (nSPS) is 23.9. The molecule has 1 rings (SSSR count). The third-order valence-electron chi connectivity index (χ3n) is 4.89. The topological polar surface area (TPSA) is 57.6 Å². The summed E-state index contributed by atoms with van der Waals surface area (Å²) in [6.07, 6.45) is 2.44. The van der Waals surface area contributed by atoms with Crippen molar-refractivity contribution in [3.8, 4) is 0 Å². The minimum absolute atomic E-state index is 0.0200. The van der Waals surface area contributed by atoms with Crippen molar-refractivity contribution in [3.63, 3.8) is 0 Å². The van der Waals surface area contributed by atoms with Gasteiger partial charge in [-0.05, 0) is 11.5 Å². The monoisotopic (exact) mass is 343 g/mol. The second-order valence-corrected chi connectivity index (χ2v) is 16.8. The second kappa shape index (κ2) is 6.79. The molecule has 1 amide bonds. The van der Waals surface area contributed by atoms with Gasteiger partial charge in [0.05, 0.1) is 5.92 Å². The third kappa shape index (κ3) is 3.96. The van der Waals surface area contributed by atoms with Crippen LogP contribution >= 0.6 is 11.2 Å². The molecule has 126 valence electrons. The number of β-lactam (4-membered cyclic amide) rings is 1. The summed E-state index contributed by atoms with van der Waals surface area (Å²) in [5, 5.41) is 9.42. The molecule has 0 radical (unpaired) electrons. The van der Waals surface area contributed by atoms with Gasteiger partial charge in [-0.2, -0.15) is 11.2 Å². The fourth-order valence-electron chi connectivity index (χ4n) is 2.65. The van der Waals surface area contributed by atoms with Gasteiger partial charge >= 0.3 is 5.97 Å². The summed E-state index contributed by atoms with van der Waals surface area (Å²) >= 11 is 1.96. The minimum Gasteiger partial charge on any atom is -0.480 e. The molecule has 0 spiro atoms. The zero-order chi connectivity index (χ0) is 17.3. The highest BCUT2D eigenvalue weighted by Crippen LogP contribution is 2.48. The van der Waals surface area contributed by atoms with Crippen molar-refractivity contribution < 1.29 is 14.7 Å². The van der Waals surface area contributed by atoms with Crippen LogP contribution in [-0.4, -0.2) is 46.9 Å². The maximum absolute atomic E-state index is 12.4. The number of carboxylic acid groups (broad SMARTS) is 1. The Hall–Kier alpha value is -0.753. The van der Waals surface area contributed by atoms with Gasteiger partial charge in [-0.1, -0.05) is 46.9 Å². The van der Waals surface area contributed by atoms with Gasteiger partial charge in [-0.3, -0.25) is 9.59 Å². The maximum atomic E-state index is 12.4.